The molecule has 25 heavy (non-hydrogen) atoms. The van der Waals surface area contributed by atoms with Crippen molar-refractivity contribution in [2.75, 3.05) is 0 Å². The first-order valence-electron chi connectivity index (χ1n) is 8.74. The number of ether oxygens (including phenoxy) is 1. The van der Waals surface area contributed by atoms with E-state index in [4.69, 9.17) is 16.3 Å². The fraction of sp³-hybridized carbons (Fsp3) is 0.381. The van der Waals surface area contributed by atoms with Crippen LogP contribution in [0, 0.1) is 13.8 Å². The van der Waals surface area contributed by atoms with Crippen molar-refractivity contribution in [3.05, 3.63) is 64.2 Å². The predicted molar refractivity (Wildman–Crippen MR) is 103 cm³/mol. The molecule has 0 aliphatic rings. The number of carbonyl (C=O) groups excluding carboxylic acids is 1. The fourth-order valence-electron chi connectivity index (χ4n) is 2.88. The fourth-order valence-corrected chi connectivity index (χ4v) is 3.01. The molecule has 0 aromatic heterocycles. The van der Waals surface area contributed by atoms with Crippen LogP contribution in [0.1, 0.15) is 49.4 Å². The van der Waals surface area contributed by atoms with Gasteiger partial charge < -0.3 is 10.1 Å². The smallest absolute Gasteiger partial charge is 0.261 e. The monoisotopic (exact) mass is 359 g/mol. The largest absolute Gasteiger partial charge is 0.481 e. The molecule has 2 rings (SSSR count). The molecule has 0 bridgehead atoms. The minimum atomic E-state index is -0.527. The van der Waals surface area contributed by atoms with Crippen molar-refractivity contribution in [1.29, 1.82) is 0 Å². The number of carbonyl (C=O) groups is 1. The van der Waals surface area contributed by atoms with Crippen molar-refractivity contribution in [3.63, 3.8) is 0 Å². The van der Waals surface area contributed by atoms with E-state index in [-0.39, 0.29) is 11.9 Å². The molecule has 0 saturated heterocycles. The van der Waals surface area contributed by atoms with E-state index in [9.17, 15) is 4.79 Å². The van der Waals surface area contributed by atoms with Gasteiger partial charge in [-0.3, -0.25) is 4.79 Å². The van der Waals surface area contributed by atoms with Gasteiger partial charge in [0, 0.05) is 5.02 Å². The van der Waals surface area contributed by atoms with E-state index in [1.807, 2.05) is 6.92 Å². The van der Waals surface area contributed by atoms with E-state index in [2.05, 4.69) is 44.3 Å². The molecule has 0 heterocycles. The molecule has 2 aromatic rings. The van der Waals surface area contributed by atoms with Crippen LogP contribution in [0.4, 0.5) is 0 Å². The van der Waals surface area contributed by atoms with Gasteiger partial charge in [-0.25, -0.2) is 0 Å². The van der Waals surface area contributed by atoms with Crippen molar-refractivity contribution in [2.45, 2.75) is 52.7 Å². The molecule has 1 amide bonds. The zero-order valence-electron chi connectivity index (χ0n) is 15.3. The Kier molecular flexibility index (Phi) is 6.89. The summed E-state index contributed by atoms with van der Waals surface area (Å²) in [5.74, 6) is 0.551. The second-order valence-electron chi connectivity index (χ2n) is 6.30. The van der Waals surface area contributed by atoms with Gasteiger partial charge >= 0.3 is 0 Å². The number of nitrogens with one attached hydrogen (secondary N) is 1. The summed E-state index contributed by atoms with van der Waals surface area (Å²) in [4.78, 5) is 12.7. The highest BCUT2D eigenvalue weighted by atomic mass is 35.5. The molecule has 0 fully saturated rings. The van der Waals surface area contributed by atoms with Gasteiger partial charge in [0.15, 0.2) is 6.10 Å². The lowest BCUT2D eigenvalue weighted by atomic mass is 9.97. The van der Waals surface area contributed by atoms with Crippen molar-refractivity contribution in [2.24, 2.45) is 0 Å². The number of benzene rings is 2. The van der Waals surface area contributed by atoms with Gasteiger partial charge in [-0.2, -0.15) is 0 Å². The zero-order chi connectivity index (χ0) is 18.4. The third kappa shape index (κ3) is 5.23. The topological polar surface area (TPSA) is 38.3 Å². The maximum Gasteiger partial charge on any atom is 0.261 e. The number of rotatable bonds is 7. The summed E-state index contributed by atoms with van der Waals surface area (Å²) in [6.07, 6.45) is 0.895. The third-order valence-electron chi connectivity index (χ3n) is 4.28. The molecule has 1 N–H and O–H groups in total. The number of halogens is 1. The Bertz CT molecular complexity index is 712. The number of amides is 1. The lowest BCUT2D eigenvalue weighted by Crippen LogP contribution is -2.40. The summed E-state index contributed by atoms with van der Waals surface area (Å²) in [5, 5.41) is 3.78. The molecule has 0 aliphatic heterocycles. The maximum absolute atomic E-state index is 12.7. The SMILES string of the molecule is CC[C@@H](Oc1ccc(Cl)cc1)C(=O)N[C@H](CC)c1ccc(C)cc1C. The van der Waals surface area contributed by atoms with Crippen LogP contribution >= 0.6 is 11.6 Å². The lowest BCUT2D eigenvalue weighted by molar-refractivity contribution is -0.128. The standard InChI is InChI=1S/C21H26ClNO2/c1-5-19(18-12-7-14(3)13-15(18)4)23-21(24)20(6-2)25-17-10-8-16(22)9-11-17/h7-13,19-20H,5-6H2,1-4H3,(H,23,24)/t19-,20-/m1/s1. The summed E-state index contributed by atoms with van der Waals surface area (Å²) >= 11 is 5.89. The van der Waals surface area contributed by atoms with E-state index >= 15 is 0 Å². The van der Waals surface area contributed by atoms with Gasteiger partial charge in [-0.1, -0.05) is 49.2 Å². The quantitative estimate of drug-likeness (QED) is 0.720. The molecular formula is C21H26ClNO2. The molecule has 2 aromatic carbocycles. The van der Waals surface area contributed by atoms with Crippen LogP contribution in [0.3, 0.4) is 0 Å². The second-order valence-corrected chi connectivity index (χ2v) is 6.73. The first-order valence-corrected chi connectivity index (χ1v) is 9.12. The number of hydrogen-bond donors (Lipinski definition) is 1. The Morgan fingerprint density at radius 3 is 2.32 bits per heavy atom. The average molecular weight is 360 g/mol. The molecule has 134 valence electrons. The van der Waals surface area contributed by atoms with Gasteiger partial charge in [0.2, 0.25) is 0 Å². The van der Waals surface area contributed by atoms with Gasteiger partial charge in [0.05, 0.1) is 6.04 Å². The molecule has 0 saturated carbocycles. The van der Waals surface area contributed by atoms with E-state index < -0.39 is 6.10 Å². The maximum atomic E-state index is 12.7. The Morgan fingerprint density at radius 1 is 1.08 bits per heavy atom. The van der Waals surface area contributed by atoms with Crippen LogP contribution in [0.25, 0.3) is 0 Å². The van der Waals surface area contributed by atoms with Crippen molar-refractivity contribution in [1.82, 2.24) is 5.32 Å². The number of aryl methyl sites for hydroxylation is 2. The van der Waals surface area contributed by atoms with E-state index in [0.717, 1.165) is 12.0 Å². The van der Waals surface area contributed by atoms with Gasteiger partial charge in [-0.05, 0) is 62.1 Å². The van der Waals surface area contributed by atoms with Crippen molar-refractivity contribution >= 4 is 17.5 Å². The van der Waals surface area contributed by atoms with Crippen LogP contribution in [-0.2, 0) is 4.79 Å². The summed E-state index contributed by atoms with van der Waals surface area (Å²) in [7, 11) is 0. The average Bonchev–Trinajstić information content (AvgIpc) is 2.59. The first kappa shape index (κ1) is 19.3. The van der Waals surface area contributed by atoms with Gasteiger partial charge in [0.1, 0.15) is 5.75 Å². The van der Waals surface area contributed by atoms with Crippen LogP contribution < -0.4 is 10.1 Å². The lowest BCUT2D eigenvalue weighted by Gasteiger charge is -2.23. The Hall–Kier alpha value is -2.00. The van der Waals surface area contributed by atoms with Crippen LogP contribution in [0.5, 0.6) is 5.75 Å². The molecule has 0 aliphatic carbocycles. The van der Waals surface area contributed by atoms with Crippen LogP contribution in [-0.4, -0.2) is 12.0 Å². The predicted octanol–water partition coefficient (Wildman–Crippen LogP) is 5.38. The number of hydrogen-bond acceptors (Lipinski definition) is 2. The molecule has 0 spiro atoms. The van der Waals surface area contributed by atoms with E-state index in [1.54, 1.807) is 24.3 Å². The summed E-state index contributed by atoms with van der Waals surface area (Å²) in [6, 6.07) is 13.4. The summed E-state index contributed by atoms with van der Waals surface area (Å²) in [6.45, 7) is 8.17. The second kappa shape index (κ2) is 8.91. The molecule has 0 unspecified atom stereocenters. The zero-order valence-corrected chi connectivity index (χ0v) is 16.1. The Morgan fingerprint density at radius 2 is 1.76 bits per heavy atom. The van der Waals surface area contributed by atoms with Gasteiger partial charge in [0.25, 0.3) is 5.91 Å². The molecule has 0 radical (unpaired) electrons. The minimum absolute atomic E-state index is 0.0176. The molecule has 4 heteroatoms. The molecule has 2 atom stereocenters. The van der Waals surface area contributed by atoms with E-state index in [0.29, 0.717) is 17.2 Å². The third-order valence-corrected chi connectivity index (χ3v) is 4.53. The Balaban J connectivity index is 2.09. The van der Waals surface area contributed by atoms with Crippen LogP contribution in [0.15, 0.2) is 42.5 Å². The molecular weight excluding hydrogens is 334 g/mol. The normalized spacial score (nSPS) is 13.2. The minimum Gasteiger partial charge on any atom is -0.481 e. The van der Waals surface area contributed by atoms with Crippen LogP contribution in [0.2, 0.25) is 5.02 Å². The summed E-state index contributed by atoms with van der Waals surface area (Å²) < 4.78 is 5.84. The molecule has 3 nitrogen and oxygen atoms in total. The van der Waals surface area contributed by atoms with Gasteiger partial charge in [-0.15, -0.1) is 0 Å². The van der Waals surface area contributed by atoms with E-state index in [1.165, 1.54) is 11.1 Å². The van der Waals surface area contributed by atoms with Crippen molar-refractivity contribution < 1.29 is 9.53 Å². The van der Waals surface area contributed by atoms with Crippen molar-refractivity contribution in [3.8, 4) is 5.75 Å². The highest BCUT2D eigenvalue weighted by molar-refractivity contribution is 6.30. The highest BCUT2D eigenvalue weighted by Gasteiger charge is 2.22. The highest BCUT2D eigenvalue weighted by Crippen LogP contribution is 2.23. The first-order chi connectivity index (χ1) is 11.9. The Labute approximate surface area is 155 Å². The summed E-state index contributed by atoms with van der Waals surface area (Å²) in [5.41, 5.74) is 3.57.